The minimum Gasteiger partial charge on any atom is -0.487 e. The molecule has 4 atom stereocenters. The number of hydrogen-bond donors (Lipinski definition) is 0. The van der Waals surface area contributed by atoms with Gasteiger partial charge < -0.3 is 14.2 Å². The van der Waals surface area contributed by atoms with E-state index in [-0.39, 0.29) is 11.5 Å². The zero-order valence-electron chi connectivity index (χ0n) is 20.0. The minimum absolute atomic E-state index is 0.199. The van der Waals surface area contributed by atoms with Gasteiger partial charge in [-0.3, -0.25) is 0 Å². The van der Waals surface area contributed by atoms with Crippen molar-refractivity contribution in [2.75, 3.05) is 0 Å². The lowest BCUT2D eigenvalue weighted by Gasteiger charge is -2.49. The predicted octanol–water partition coefficient (Wildman–Crippen LogP) is 6.37. The number of benzene rings is 3. The molecule has 0 amide bonds. The molecule has 0 saturated carbocycles. The van der Waals surface area contributed by atoms with Crippen LogP contribution in [0.5, 0.6) is 17.2 Å². The maximum absolute atomic E-state index is 7.05. The molecular weight excluding hydrogens is 408 g/mol. The third kappa shape index (κ3) is 1.92. The molecule has 0 radical (unpaired) electrons. The highest BCUT2D eigenvalue weighted by atomic mass is 16.7. The van der Waals surface area contributed by atoms with Crippen LogP contribution in [0.4, 0.5) is 0 Å². The van der Waals surface area contributed by atoms with Crippen molar-refractivity contribution < 1.29 is 14.2 Å². The SMILES string of the molecule is CC1=C[C@@]2(C)c3cc(C)cc(C)c3O[C@H]2[C@@]23c4ccccc4O[C@@]12Oc1c(C)cc(C)cc13. The average molecular weight is 437 g/mol. The first kappa shape index (κ1) is 19.3. The van der Waals surface area contributed by atoms with E-state index in [1.54, 1.807) is 0 Å². The van der Waals surface area contributed by atoms with E-state index in [9.17, 15) is 0 Å². The number of ether oxygens (including phenoxy) is 3. The van der Waals surface area contributed by atoms with E-state index in [2.05, 4.69) is 90.1 Å². The lowest BCUT2D eigenvalue weighted by molar-refractivity contribution is -0.125. The van der Waals surface area contributed by atoms with Crippen molar-refractivity contribution >= 4 is 0 Å². The summed E-state index contributed by atoms with van der Waals surface area (Å²) in [4.78, 5) is 0. The normalized spacial score (nSPS) is 31.7. The molecule has 0 fully saturated rings. The van der Waals surface area contributed by atoms with Crippen LogP contribution in [0.15, 0.2) is 60.2 Å². The van der Waals surface area contributed by atoms with Crippen LogP contribution in [0.3, 0.4) is 0 Å². The third-order valence-electron chi connectivity index (χ3n) is 8.38. The van der Waals surface area contributed by atoms with E-state index in [0.717, 1.165) is 33.9 Å². The molecule has 166 valence electrons. The molecule has 3 aliphatic heterocycles. The van der Waals surface area contributed by atoms with Crippen LogP contribution in [-0.2, 0) is 10.8 Å². The van der Waals surface area contributed by atoms with E-state index in [1.807, 2.05) is 6.07 Å². The second kappa shape index (κ2) is 5.64. The Morgan fingerprint density at radius 3 is 2.15 bits per heavy atom. The van der Waals surface area contributed by atoms with Gasteiger partial charge in [-0.15, -0.1) is 0 Å². The fourth-order valence-electron chi connectivity index (χ4n) is 7.30. The summed E-state index contributed by atoms with van der Waals surface area (Å²) in [7, 11) is 0. The zero-order valence-corrected chi connectivity index (χ0v) is 20.0. The van der Waals surface area contributed by atoms with Crippen LogP contribution in [0, 0.1) is 27.7 Å². The molecular formula is C30H28O3. The molecule has 0 bridgehead atoms. The van der Waals surface area contributed by atoms with Gasteiger partial charge in [-0.2, -0.15) is 0 Å². The van der Waals surface area contributed by atoms with Gasteiger partial charge in [-0.05, 0) is 58.7 Å². The van der Waals surface area contributed by atoms with E-state index < -0.39 is 11.2 Å². The highest BCUT2D eigenvalue weighted by Gasteiger charge is 2.79. The maximum Gasteiger partial charge on any atom is 0.291 e. The lowest BCUT2D eigenvalue weighted by Crippen LogP contribution is -2.66. The number of hydrogen-bond acceptors (Lipinski definition) is 3. The second-order valence-electron chi connectivity index (χ2n) is 10.6. The van der Waals surface area contributed by atoms with Crippen molar-refractivity contribution in [1.82, 2.24) is 0 Å². The highest BCUT2D eigenvalue weighted by Crippen LogP contribution is 2.71. The molecule has 0 saturated heterocycles. The van der Waals surface area contributed by atoms with Crippen LogP contribution in [0.25, 0.3) is 0 Å². The Morgan fingerprint density at radius 1 is 0.727 bits per heavy atom. The summed E-state index contributed by atoms with van der Waals surface area (Å²) in [5.74, 6) is 1.86. The van der Waals surface area contributed by atoms with Gasteiger partial charge >= 0.3 is 0 Å². The predicted molar refractivity (Wildman–Crippen MR) is 129 cm³/mol. The maximum atomic E-state index is 7.05. The van der Waals surface area contributed by atoms with Gasteiger partial charge in [0.2, 0.25) is 0 Å². The molecule has 3 nitrogen and oxygen atoms in total. The van der Waals surface area contributed by atoms with Crippen LogP contribution in [0.2, 0.25) is 0 Å². The minimum atomic E-state index is -0.952. The van der Waals surface area contributed by atoms with Crippen molar-refractivity contribution in [3.05, 3.63) is 99.1 Å². The Bertz CT molecular complexity index is 1430. The summed E-state index contributed by atoms with van der Waals surface area (Å²) in [6, 6.07) is 17.4. The Labute approximate surface area is 195 Å². The van der Waals surface area contributed by atoms with Gasteiger partial charge in [0.05, 0.1) is 5.41 Å². The summed E-state index contributed by atoms with van der Waals surface area (Å²) < 4.78 is 20.8. The second-order valence-corrected chi connectivity index (χ2v) is 10.6. The fourth-order valence-corrected chi connectivity index (χ4v) is 7.30. The number of aryl methyl sites for hydroxylation is 4. The molecule has 0 spiro atoms. The first-order valence-electron chi connectivity index (χ1n) is 11.8. The number of para-hydroxylation sites is 1. The smallest absolute Gasteiger partial charge is 0.291 e. The Morgan fingerprint density at radius 2 is 1.39 bits per heavy atom. The first-order chi connectivity index (χ1) is 15.7. The molecule has 3 heteroatoms. The lowest BCUT2D eigenvalue weighted by atomic mass is 9.54. The topological polar surface area (TPSA) is 27.7 Å². The largest absolute Gasteiger partial charge is 0.487 e. The summed E-state index contributed by atoms with van der Waals surface area (Å²) in [5, 5.41) is 0. The standard InChI is InChI=1S/C30H28O3/c1-16-11-18(3)25-22(13-16)28(6)15-20(5)30-29(27(28)31-25,21-9-7-8-10-24(21)32-30)23-14-17(2)12-19(4)26(23)33-30/h7-15,27H,1-6H3/t27-,28+,29+,30-/m1/s1. The van der Waals surface area contributed by atoms with Crippen LogP contribution in [0.1, 0.15) is 52.8 Å². The molecule has 4 aliphatic rings. The van der Waals surface area contributed by atoms with Gasteiger partial charge in [0.25, 0.3) is 5.79 Å². The zero-order chi connectivity index (χ0) is 22.9. The Hall–Kier alpha value is -3.20. The van der Waals surface area contributed by atoms with Crippen molar-refractivity contribution in [2.45, 2.75) is 64.3 Å². The fraction of sp³-hybridized carbons (Fsp3) is 0.333. The third-order valence-corrected chi connectivity index (χ3v) is 8.38. The Balaban J connectivity index is 1.65. The first-order valence-corrected chi connectivity index (χ1v) is 11.8. The van der Waals surface area contributed by atoms with Crippen LogP contribution >= 0.6 is 0 Å². The monoisotopic (exact) mass is 436 g/mol. The molecule has 3 heterocycles. The highest BCUT2D eigenvalue weighted by molar-refractivity contribution is 5.72. The molecule has 1 aliphatic carbocycles. The summed E-state index contributed by atoms with van der Waals surface area (Å²) in [5.41, 5.74) is 8.56. The van der Waals surface area contributed by atoms with Gasteiger partial charge in [0.15, 0.2) is 0 Å². The quantitative estimate of drug-likeness (QED) is 0.384. The van der Waals surface area contributed by atoms with E-state index >= 15 is 0 Å². The molecule has 7 rings (SSSR count). The van der Waals surface area contributed by atoms with Crippen LogP contribution in [-0.4, -0.2) is 11.9 Å². The van der Waals surface area contributed by atoms with Crippen LogP contribution < -0.4 is 14.2 Å². The van der Waals surface area contributed by atoms with Gasteiger partial charge in [-0.1, -0.05) is 59.7 Å². The average Bonchev–Trinajstić information content (AvgIpc) is 3.32. The summed E-state index contributed by atoms with van der Waals surface area (Å²) >= 11 is 0. The molecule has 3 aromatic rings. The molecule has 0 unspecified atom stereocenters. The van der Waals surface area contributed by atoms with Crippen molar-refractivity contribution in [2.24, 2.45) is 0 Å². The molecule has 0 N–H and O–H groups in total. The van der Waals surface area contributed by atoms with Gasteiger partial charge in [0, 0.05) is 22.3 Å². The van der Waals surface area contributed by atoms with Gasteiger partial charge in [0.1, 0.15) is 28.8 Å². The number of rotatable bonds is 0. The van der Waals surface area contributed by atoms with E-state index in [1.165, 1.54) is 27.8 Å². The van der Waals surface area contributed by atoms with Crippen molar-refractivity contribution in [3.8, 4) is 17.2 Å². The van der Waals surface area contributed by atoms with Gasteiger partial charge in [-0.25, -0.2) is 0 Å². The van der Waals surface area contributed by atoms with E-state index in [0.29, 0.717) is 0 Å². The van der Waals surface area contributed by atoms with Crippen molar-refractivity contribution in [1.29, 1.82) is 0 Å². The molecule has 0 aromatic heterocycles. The van der Waals surface area contributed by atoms with E-state index in [4.69, 9.17) is 14.2 Å². The molecule has 33 heavy (non-hydrogen) atoms. The summed E-state index contributed by atoms with van der Waals surface area (Å²) in [6.07, 6.45) is 2.15. The summed E-state index contributed by atoms with van der Waals surface area (Å²) in [6.45, 7) is 13.1. The van der Waals surface area contributed by atoms with Crippen molar-refractivity contribution in [3.63, 3.8) is 0 Å². The molecule has 3 aromatic carbocycles. The number of fused-ring (bicyclic) bond motifs is 5. The Kier molecular flexibility index (Phi) is 3.30.